The summed E-state index contributed by atoms with van der Waals surface area (Å²) in [4.78, 5) is 11.1. The molecule has 0 bridgehead atoms. The molecule has 5 nitrogen and oxygen atoms in total. The van der Waals surface area contributed by atoms with Crippen molar-refractivity contribution in [2.75, 3.05) is 24.7 Å². The number of thiophene rings is 1. The van der Waals surface area contributed by atoms with E-state index in [-0.39, 0.29) is 27.9 Å². The maximum atomic E-state index is 12.0. The zero-order valence-electron chi connectivity index (χ0n) is 9.43. The Morgan fingerprint density at radius 2 is 2.11 bits per heavy atom. The summed E-state index contributed by atoms with van der Waals surface area (Å²) in [6.07, 6.45) is -5.25. The molecule has 0 atom stereocenters. The standard InChI is InChI=1S/C9H12F3N3O2S/c1-17-5-4(13)6(7(14)16)18-8(5)15-3-2-9(10,11)12/h15H,2-3,13H2,1H3,(H2,14,16). The summed E-state index contributed by atoms with van der Waals surface area (Å²) in [5, 5.41) is 2.78. The smallest absolute Gasteiger partial charge is 0.390 e. The molecule has 0 unspecified atom stereocenters. The minimum Gasteiger partial charge on any atom is -0.492 e. The summed E-state index contributed by atoms with van der Waals surface area (Å²) >= 11 is 0.866. The fraction of sp³-hybridized carbons (Fsp3) is 0.444. The van der Waals surface area contributed by atoms with Gasteiger partial charge in [-0.1, -0.05) is 0 Å². The number of methoxy groups -OCH3 is 1. The number of ether oxygens (including phenoxy) is 1. The first-order valence-corrected chi connectivity index (χ1v) is 5.64. The molecule has 5 N–H and O–H groups in total. The highest BCUT2D eigenvalue weighted by atomic mass is 32.1. The average molecular weight is 283 g/mol. The number of primary amides is 1. The molecule has 0 spiro atoms. The summed E-state index contributed by atoms with van der Waals surface area (Å²) in [6.45, 7) is -0.335. The van der Waals surface area contributed by atoms with E-state index < -0.39 is 18.5 Å². The first-order chi connectivity index (χ1) is 8.26. The van der Waals surface area contributed by atoms with Crippen LogP contribution in [0.2, 0.25) is 0 Å². The van der Waals surface area contributed by atoms with Crippen LogP contribution in [0.15, 0.2) is 0 Å². The van der Waals surface area contributed by atoms with Crippen molar-refractivity contribution in [1.29, 1.82) is 0 Å². The number of carbonyl (C=O) groups excluding carboxylic acids is 1. The third-order valence-corrected chi connectivity index (χ3v) is 3.18. The van der Waals surface area contributed by atoms with Crippen molar-refractivity contribution in [3.8, 4) is 5.75 Å². The lowest BCUT2D eigenvalue weighted by atomic mass is 10.3. The Balaban J connectivity index is 2.82. The summed E-state index contributed by atoms with van der Waals surface area (Å²) in [7, 11) is 1.30. The van der Waals surface area contributed by atoms with Gasteiger partial charge >= 0.3 is 6.18 Å². The number of anilines is 2. The van der Waals surface area contributed by atoms with Gasteiger partial charge in [-0.05, 0) is 0 Å². The van der Waals surface area contributed by atoms with Crippen LogP contribution in [0.1, 0.15) is 16.1 Å². The molecule has 1 aromatic heterocycles. The lowest BCUT2D eigenvalue weighted by molar-refractivity contribution is -0.131. The number of halogens is 3. The van der Waals surface area contributed by atoms with Crippen LogP contribution >= 0.6 is 11.3 Å². The van der Waals surface area contributed by atoms with Gasteiger partial charge in [0.15, 0.2) is 5.75 Å². The summed E-state index contributed by atoms with van der Waals surface area (Å²) < 4.78 is 40.9. The van der Waals surface area contributed by atoms with Crippen LogP contribution < -0.4 is 21.5 Å². The molecule has 1 amide bonds. The maximum absolute atomic E-state index is 12.0. The second kappa shape index (κ2) is 5.34. The predicted octanol–water partition coefficient (Wildman–Crippen LogP) is 1.80. The van der Waals surface area contributed by atoms with Gasteiger partial charge in [0.2, 0.25) is 0 Å². The molecule has 9 heteroatoms. The molecule has 0 aliphatic heterocycles. The maximum Gasteiger partial charge on any atom is 0.390 e. The van der Waals surface area contributed by atoms with Crippen molar-refractivity contribution in [1.82, 2.24) is 0 Å². The number of nitrogen functional groups attached to an aromatic ring is 1. The Bertz CT molecular complexity index is 445. The number of hydrogen-bond acceptors (Lipinski definition) is 5. The highest BCUT2D eigenvalue weighted by Gasteiger charge is 2.27. The highest BCUT2D eigenvalue weighted by molar-refractivity contribution is 7.19. The average Bonchev–Trinajstić information content (AvgIpc) is 2.53. The number of hydrogen-bond donors (Lipinski definition) is 3. The van der Waals surface area contributed by atoms with Crippen LogP contribution in [0.4, 0.5) is 23.9 Å². The zero-order chi connectivity index (χ0) is 13.9. The molecule has 1 heterocycles. The topological polar surface area (TPSA) is 90.4 Å². The number of amides is 1. The van der Waals surface area contributed by atoms with Gasteiger partial charge in [-0.15, -0.1) is 11.3 Å². The Morgan fingerprint density at radius 3 is 2.56 bits per heavy atom. The van der Waals surface area contributed by atoms with Gasteiger partial charge in [-0.2, -0.15) is 13.2 Å². The van der Waals surface area contributed by atoms with Crippen molar-refractivity contribution in [3.63, 3.8) is 0 Å². The largest absolute Gasteiger partial charge is 0.492 e. The molecule has 102 valence electrons. The second-order valence-electron chi connectivity index (χ2n) is 3.36. The molecule has 0 saturated carbocycles. The Morgan fingerprint density at radius 1 is 1.50 bits per heavy atom. The highest BCUT2D eigenvalue weighted by Crippen LogP contribution is 2.42. The number of nitrogens with one attached hydrogen (secondary N) is 1. The van der Waals surface area contributed by atoms with Crippen molar-refractivity contribution in [3.05, 3.63) is 4.88 Å². The van der Waals surface area contributed by atoms with E-state index in [1.54, 1.807) is 0 Å². The lowest BCUT2D eigenvalue weighted by Gasteiger charge is -2.08. The van der Waals surface area contributed by atoms with E-state index in [2.05, 4.69) is 5.32 Å². The second-order valence-corrected chi connectivity index (χ2v) is 4.38. The van der Waals surface area contributed by atoms with Crippen LogP contribution in [0, 0.1) is 0 Å². The molecule has 0 aromatic carbocycles. The van der Waals surface area contributed by atoms with E-state index in [1.165, 1.54) is 7.11 Å². The zero-order valence-corrected chi connectivity index (χ0v) is 10.2. The molecule has 0 aliphatic carbocycles. The Labute approximate surface area is 105 Å². The molecule has 1 rings (SSSR count). The normalized spacial score (nSPS) is 11.3. The summed E-state index contributed by atoms with van der Waals surface area (Å²) in [6, 6.07) is 0. The quantitative estimate of drug-likeness (QED) is 0.768. The van der Waals surface area contributed by atoms with E-state index in [0.29, 0.717) is 0 Å². The van der Waals surface area contributed by atoms with E-state index in [0.717, 1.165) is 11.3 Å². The van der Waals surface area contributed by atoms with Crippen molar-refractivity contribution >= 4 is 27.9 Å². The molecular formula is C9H12F3N3O2S. The molecule has 1 aromatic rings. The first kappa shape index (κ1) is 14.4. The number of carbonyl (C=O) groups is 1. The van der Waals surface area contributed by atoms with Crippen LogP contribution in [0.5, 0.6) is 5.75 Å². The van der Waals surface area contributed by atoms with E-state index >= 15 is 0 Å². The van der Waals surface area contributed by atoms with Gasteiger partial charge < -0.3 is 21.5 Å². The summed E-state index contributed by atoms with van der Waals surface area (Å²) in [5.74, 6) is -0.615. The fourth-order valence-electron chi connectivity index (χ4n) is 1.25. The van der Waals surface area contributed by atoms with Gasteiger partial charge in [0, 0.05) is 6.54 Å². The van der Waals surface area contributed by atoms with Gasteiger partial charge in [-0.25, -0.2) is 0 Å². The lowest BCUT2D eigenvalue weighted by Crippen LogP contribution is -2.14. The van der Waals surface area contributed by atoms with Gasteiger partial charge in [-0.3, -0.25) is 4.79 Å². The van der Waals surface area contributed by atoms with Crippen LogP contribution in [-0.4, -0.2) is 25.7 Å². The molecule has 0 saturated heterocycles. The van der Waals surface area contributed by atoms with E-state index in [9.17, 15) is 18.0 Å². The van der Waals surface area contributed by atoms with Gasteiger partial charge in [0.05, 0.1) is 13.5 Å². The van der Waals surface area contributed by atoms with Crippen LogP contribution in [0.25, 0.3) is 0 Å². The van der Waals surface area contributed by atoms with Crippen LogP contribution in [0.3, 0.4) is 0 Å². The number of nitrogens with two attached hydrogens (primary N) is 2. The van der Waals surface area contributed by atoms with E-state index in [1.807, 2.05) is 0 Å². The predicted molar refractivity (Wildman–Crippen MR) is 63.0 cm³/mol. The summed E-state index contributed by atoms with van der Waals surface area (Å²) in [5.41, 5.74) is 10.7. The third-order valence-electron chi connectivity index (χ3n) is 2.02. The Hall–Kier alpha value is -1.64. The minimum absolute atomic E-state index is 0.0320. The molecule has 0 fully saturated rings. The SMILES string of the molecule is COc1c(NCCC(F)(F)F)sc(C(N)=O)c1N. The minimum atomic E-state index is -4.25. The molecular weight excluding hydrogens is 271 g/mol. The third kappa shape index (κ3) is 3.42. The fourth-order valence-corrected chi connectivity index (χ4v) is 2.22. The van der Waals surface area contributed by atoms with Crippen LogP contribution in [-0.2, 0) is 0 Å². The molecule has 18 heavy (non-hydrogen) atoms. The van der Waals surface area contributed by atoms with E-state index in [4.69, 9.17) is 16.2 Å². The van der Waals surface area contributed by atoms with Gasteiger partial charge in [0.25, 0.3) is 5.91 Å². The number of rotatable bonds is 5. The van der Waals surface area contributed by atoms with Gasteiger partial charge in [0.1, 0.15) is 15.6 Å². The first-order valence-electron chi connectivity index (χ1n) is 4.83. The number of alkyl halides is 3. The van der Waals surface area contributed by atoms with Crippen molar-refractivity contribution in [2.24, 2.45) is 5.73 Å². The van der Waals surface area contributed by atoms with Crippen molar-refractivity contribution in [2.45, 2.75) is 12.6 Å². The molecule has 0 aliphatic rings. The monoisotopic (exact) mass is 283 g/mol. The molecule has 0 radical (unpaired) electrons. The van der Waals surface area contributed by atoms with Crippen molar-refractivity contribution < 1.29 is 22.7 Å². The Kier molecular flexibility index (Phi) is 4.28.